The second-order valence-corrected chi connectivity index (χ2v) is 5.88. The number of amides is 2. The van der Waals surface area contributed by atoms with Crippen LogP contribution in [0.25, 0.3) is 4.91 Å². The Bertz CT molecular complexity index is 748. The number of hydroxylamine groups is 2. The van der Waals surface area contributed by atoms with Crippen molar-refractivity contribution in [3.8, 4) is 0 Å². The van der Waals surface area contributed by atoms with Gasteiger partial charge < -0.3 is 4.84 Å². The first-order valence-corrected chi connectivity index (χ1v) is 7.49. The van der Waals surface area contributed by atoms with Gasteiger partial charge >= 0.3 is 5.97 Å². The maximum atomic E-state index is 11.8. The third kappa shape index (κ3) is 3.21. The monoisotopic (exact) mass is 325 g/mol. The molecule has 1 fully saturated rings. The molecule has 1 saturated heterocycles. The van der Waals surface area contributed by atoms with Gasteiger partial charge in [-0.25, -0.2) is 4.79 Å². The third-order valence-electron chi connectivity index (χ3n) is 2.93. The van der Waals surface area contributed by atoms with Gasteiger partial charge in [0.25, 0.3) is 21.9 Å². The number of carbonyl (C=O) groups is 3. The van der Waals surface area contributed by atoms with Crippen LogP contribution in [0, 0.1) is 0 Å². The van der Waals surface area contributed by atoms with Gasteiger partial charge in [0.2, 0.25) is 0 Å². The SMILES string of the molecule is C=C(c1ccc(C(=O)ON2C(=O)CCC2=O)cc1)S(=O)(=O)O. The lowest BCUT2D eigenvalue weighted by Crippen LogP contribution is -2.32. The molecular formula is C13H11NO7S. The summed E-state index contributed by atoms with van der Waals surface area (Å²) in [7, 11) is -4.43. The van der Waals surface area contributed by atoms with Crippen LogP contribution in [0.5, 0.6) is 0 Å². The van der Waals surface area contributed by atoms with Crippen LogP contribution in [-0.4, -0.2) is 35.8 Å². The van der Waals surface area contributed by atoms with Gasteiger partial charge in [0.05, 0.1) is 10.5 Å². The fourth-order valence-corrected chi connectivity index (χ4v) is 2.17. The zero-order valence-electron chi connectivity index (χ0n) is 11.2. The first-order chi connectivity index (χ1) is 10.2. The Kier molecular flexibility index (Phi) is 4.11. The maximum absolute atomic E-state index is 11.8. The molecule has 0 radical (unpaired) electrons. The van der Waals surface area contributed by atoms with Crippen molar-refractivity contribution < 1.29 is 32.2 Å². The van der Waals surface area contributed by atoms with E-state index in [1.807, 2.05) is 0 Å². The number of imide groups is 1. The summed E-state index contributed by atoms with van der Waals surface area (Å²) in [4.78, 5) is 38.6. The van der Waals surface area contributed by atoms with Crippen LogP contribution < -0.4 is 0 Å². The lowest BCUT2D eigenvalue weighted by atomic mass is 10.1. The molecule has 0 unspecified atom stereocenters. The molecular weight excluding hydrogens is 314 g/mol. The third-order valence-corrected chi connectivity index (χ3v) is 3.79. The molecule has 1 heterocycles. The van der Waals surface area contributed by atoms with Crippen LogP contribution in [0.15, 0.2) is 30.8 Å². The fraction of sp³-hybridized carbons (Fsp3) is 0.154. The molecule has 9 heteroatoms. The number of nitrogens with zero attached hydrogens (tertiary/aromatic N) is 1. The summed E-state index contributed by atoms with van der Waals surface area (Å²) in [5.74, 6) is -2.14. The lowest BCUT2D eigenvalue weighted by molar-refractivity contribution is -0.172. The lowest BCUT2D eigenvalue weighted by Gasteiger charge is -2.12. The molecule has 8 nitrogen and oxygen atoms in total. The highest BCUT2D eigenvalue weighted by Crippen LogP contribution is 2.19. The summed E-state index contributed by atoms with van der Waals surface area (Å²) < 4.78 is 30.7. The van der Waals surface area contributed by atoms with E-state index in [-0.39, 0.29) is 24.0 Å². The highest BCUT2D eigenvalue weighted by molar-refractivity contribution is 7.95. The molecule has 116 valence electrons. The van der Waals surface area contributed by atoms with Crippen molar-refractivity contribution in [1.82, 2.24) is 5.06 Å². The number of carbonyl (C=O) groups excluding carboxylic acids is 3. The summed E-state index contributed by atoms with van der Waals surface area (Å²) in [6, 6.07) is 4.92. The van der Waals surface area contributed by atoms with E-state index < -0.39 is 32.8 Å². The van der Waals surface area contributed by atoms with Crippen molar-refractivity contribution >= 4 is 32.8 Å². The van der Waals surface area contributed by atoms with Gasteiger partial charge in [0.1, 0.15) is 0 Å². The minimum atomic E-state index is -4.43. The average molecular weight is 325 g/mol. The van der Waals surface area contributed by atoms with Crippen molar-refractivity contribution in [2.75, 3.05) is 0 Å². The normalized spacial score (nSPS) is 15.0. The molecule has 1 aliphatic heterocycles. The van der Waals surface area contributed by atoms with Crippen molar-refractivity contribution in [3.63, 3.8) is 0 Å². The van der Waals surface area contributed by atoms with Crippen LogP contribution in [0.3, 0.4) is 0 Å². The average Bonchev–Trinajstić information content (AvgIpc) is 2.77. The fourth-order valence-electron chi connectivity index (χ4n) is 1.73. The van der Waals surface area contributed by atoms with E-state index in [1.54, 1.807) is 0 Å². The van der Waals surface area contributed by atoms with Crippen LogP contribution >= 0.6 is 0 Å². The highest BCUT2D eigenvalue weighted by Gasteiger charge is 2.33. The molecule has 2 amide bonds. The van der Waals surface area contributed by atoms with Crippen LogP contribution in [0.4, 0.5) is 0 Å². The molecule has 2 rings (SSSR count). The van der Waals surface area contributed by atoms with Gasteiger partial charge in [-0.1, -0.05) is 18.7 Å². The van der Waals surface area contributed by atoms with Crippen LogP contribution in [0.2, 0.25) is 0 Å². The van der Waals surface area contributed by atoms with E-state index in [9.17, 15) is 22.8 Å². The van der Waals surface area contributed by atoms with E-state index >= 15 is 0 Å². The highest BCUT2D eigenvalue weighted by atomic mass is 32.2. The largest absolute Gasteiger partial charge is 0.363 e. The van der Waals surface area contributed by atoms with E-state index in [0.29, 0.717) is 5.06 Å². The van der Waals surface area contributed by atoms with E-state index in [1.165, 1.54) is 24.3 Å². The summed E-state index contributed by atoms with van der Waals surface area (Å²) in [6.45, 7) is 3.22. The predicted molar refractivity (Wildman–Crippen MR) is 73.5 cm³/mol. The summed E-state index contributed by atoms with van der Waals surface area (Å²) in [5, 5.41) is 0.410. The molecule has 0 bridgehead atoms. The molecule has 22 heavy (non-hydrogen) atoms. The zero-order valence-corrected chi connectivity index (χ0v) is 12.0. The molecule has 1 aromatic rings. The number of benzene rings is 1. The van der Waals surface area contributed by atoms with E-state index in [4.69, 9.17) is 9.39 Å². The van der Waals surface area contributed by atoms with Crippen molar-refractivity contribution in [2.45, 2.75) is 12.8 Å². The Balaban J connectivity index is 2.14. The van der Waals surface area contributed by atoms with E-state index in [0.717, 1.165) is 0 Å². The first-order valence-electron chi connectivity index (χ1n) is 6.05. The topological polar surface area (TPSA) is 118 Å². The molecule has 0 saturated carbocycles. The molecule has 0 spiro atoms. The predicted octanol–water partition coefficient (Wildman–Crippen LogP) is 0.766. The summed E-state index contributed by atoms with van der Waals surface area (Å²) >= 11 is 0. The Morgan fingerprint density at radius 1 is 1.09 bits per heavy atom. The Morgan fingerprint density at radius 3 is 2.00 bits per heavy atom. The van der Waals surface area contributed by atoms with Gasteiger partial charge in [-0.15, -0.1) is 5.06 Å². The molecule has 0 aliphatic carbocycles. The maximum Gasteiger partial charge on any atom is 0.363 e. The van der Waals surface area contributed by atoms with Crippen molar-refractivity contribution in [3.05, 3.63) is 42.0 Å². The molecule has 1 N–H and O–H groups in total. The number of hydrogen-bond acceptors (Lipinski definition) is 6. The zero-order chi connectivity index (χ0) is 16.5. The van der Waals surface area contributed by atoms with E-state index in [2.05, 4.69) is 6.58 Å². The first kappa shape index (κ1) is 15.9. The van der Waals surface area contributed by atoms with Crippen molar-refractivity contribution in [1.29, 1.82) is 0 Å². The Labute approximate surface area is 125 Å². The summed E-state index contributed by atoms with van der Waals surface area (Å²) in [5.41, 5.74) is 0.0896. The molecule has 0 atom stereocenters. The second kappa shape index (κ2) is 5.70. The van der Waals surface area contributed by atoms with Gasteiger partial charge in [-0.3, -0.25) is 14.1 Å². The smallest absolute Gasteiger partial charge is 0.325 e. The van der Waals surface area contributed by atoms with Gasteiger partial charge in [0, 0.05) is 12.8 Å². The Morgan fingerprint density at radius 2 is 1.55 bits per heavy atom. The molecule has 1 aliphatic rings. The van der Waals surface area contributed by atoms with Gasteiger partial charge in [0.15, 0.2) is 0 Å². The molecule has 1 aromatic carbocycles. The minimum absolute atomic E-state index is 0.000567. The Hall–Kier alpha value is -2.52. The van der Waals surface area contributed by atoms with Crippen molar-refractivity contribution in [2.24, 2.45) is 0 Å². The van der Waals surface area contributed by atoms with Gasteiger partial charge in [-0.05, 0) is 17.7 Å². The van der Waals surface area contributed by atoms with Crippen LogP contribution in [-0.2, 0) is 24.5 Å². The quantitative estimate of drug-likeness (QED) is 0.641. The minimum Gasteiger partial charge on any atom is -0.325 e. The number of rotatable bonds is 4. The molecule has 0 aromatic heterocycles. The second-order valence-electron chi connectivity index (χ2n) is 4.44. The summed E-state index contributed by atoms with van der Waals surface area (Å²) in [6.07, 6.45) is -0.0293. The standard InChI is InChI=1S/C13H11NO7S/c1-8(22(18,19)20)9-2-4-10(5-3-9)13(17)21-14-11(15)6-7-12(14)16/h2-5H,1,6-7H2,(H,18,19,20). The van der Waals surface area contributed by atoms with Crippen LogP contribution in [0.1, 0.15) is 28.8 Å². The van der Waals surface area contributed by atoms with Gasteiger partial charge in [-0.2, -0.15) is 8.42 Å². The number of hydrogen-bond donors (Lipinski definition) is 1.